The number of carbonyl (C=O) groups is 1. The maximum atomic E-state index is 12.6. The average Bonchev–Trinajstić information content (AvgIpc) is 3.19. The smallest absolute Gasteiger partial charge is 0.322 e. The summed E-state index contributed by atoms with van der Waals surface area (Å²) in [6.07, 6.45) is 4.81. The van der Waals surface area contributed by atoms with E-state index in [9.17, 15) is 4.79 Å². The number of methoxy groups -OCH3 is 1. The Balaban J connectivity index is 1.61. The second-order valence-electron chi connectivity index (χ2n) is 6.61. The van der Waals surface area contributed by atoms with Gasteiger partial charge in [-0.15, -0.1) is 0 Å². The van der Waals surface area contributed by atoms with Crippen molar-refractivity contribution in [2.45, 2.75) is 38.6 Å². The van der Waals surface area contributed by atoms with Crippen LogP contribution in [0.4, 0.5) is 10.5 Å². The maximum Gasteiger partial charge on any atom is 0.322 e. The number of rotatable bonds is 4. The summed E-state index contributed by atoms with van der Waals surface area (Å²) >= 11 is 0. The van der Waals surface area contributed by atoms with E-state index in [-0.39, 0.29) is 6.03 Å². The van der Waals surface area contributed by atoms with E-state index in [0.29, 0.717) is 6.04 Å². The van der Waals surface area contributed by atoms with E-state index in [1.165, 1.54) is 25.9 Å². The van der Waals surface area contributed by atoms with Crippen molar-refractivity contribution in [3.05, 3.63) is 23.8 Å². The first-order valence-electron chi connectivity index (χ1n) is 8.62. The summed E-state index contributed by atoms with van der Waals surface area (Å²) < 4.78 is 5.27. The number of nitrogens with one attached hydrogen (secondary N) is 1. The van der Waals surface area contributed by atoms with Crippen molar-refractivity contribution in [1.82, 2.24) is 9.80 Å². The lowest BCUT2D eigenvalue weighted by Gasteiger charge is -2.28. The van der Waals surface area contributed by atoms with Crippen LogP contribution in [0, 0.1) is 6.92 Å². The molecule has 0 saturated carbocycles. The second-order valence-corrected chi connectivity index (χ2v) is 6.61. The predicted molar refractivity (Wildman–Crippen MR) is 92.2 cm³/mol. The van der Waals surface area contributed by atoms with Gasteiger partial charge in [-0.1, -0.05) is 0 Å². The van der Waals surface area contributed by atoms with Crippen LogP contribution >= 0.6 is 0 Å². The van der Waals surface area contributed by atoms with Crippen LogP contribution in [0.15, 0.2) is 18.2 Å². The van der Waals surface area contributed by atoms with Crippen molar-refractivity contribution in [3.63, 3.8) is 0 Å². The quantitative estimate of drug-likeness (QED) is 0.928. The van der Waals surface area contributed by atoms with Gasteiger partial charge in [-0.2, -0.15) is 0 Å². The van der Waals surface area contributed by atoms with Gasteiger partial charge in [0.1, 0.15) is 5.75 Å². The molecule has 2 aliphatic heterocycles. The van der Waals surface area contributed by atoms with Crippen LogP contribution in [-0.2, 0) is 0 Å². The fraction of sp³-hybridized carbons (Fsp3) is 0.611. The fourth-order valence-corrected chi connectivity index (χ4v) is 3.71. The standard InChI is InChI=1S/C18H27N3O2/c1-14-12-15(7-8-17(14)23-2)19-18(22)21-11-5-6-16(21)13-20-9-3-4-10-20/h7-8,12,16H,3-6,9-11,13H2,1-2H3,(H,19,22). The minimum atomic E-state index is 0.0243. The van der Waals surface area contributed by atoms with Gasteiger partial charge in [0.15, 0.2) is 0 Å². The zero-order chi connectivity index (χ0) is 16.2. The van der Waals surface area contributed by atoms with Gasteiger partial charge in [-0.05, 0) is 69.5 Å². The molecule has 1 unspecified atom stereocenters. The van der Waals surface area contributed by atoms with Crippen molar-refractivity contribution in [1.29, 1.82) is 0 Å². The van der Waals surface area contributed by atoms with Crippen LogP contribution in [0.2, 0.25) is 0 Å². The SMILES string of the molecule is COc1ccc(NC(=O)N2CCCC2CN2CCCC2)cc1C. The minimum absolute atomic E-state index is 0.0243. The largest absolute Gasteiger partial charge is 0.496 e. The minimum Gasteiger partial charge on any atom is -0.496 e. The molecule has 1 atom stereocenters. The monoisotopic (exact) mass is 317 g/mol. The zero-order valence-electron chi connectivity index (χ0n) is 14.2. The van der Waals surface area contributed by atoms with Gasteiger partial charge in [0.25, 0.3) is 0 Å². The van der Waals surface area contributed by atoms with Crippen LogP contribution in [-0.4, -0.2) is 55.2 Å². The Morgan fingerprint density at radius 3 is 2.74 bits per heavy atom. The summed E-state index contributed by atoms with van der Waals surface area (Å²) in [6, 6.07) is 6.14. The number of amides is 2. The van der Waals surface area contributed by atoms with Gasteiger partial charge in [0.2, 0.25) is 0 Å². The van der Waals surface area contributed by atoms with E-state index < -0.39 is 0 Å². The highest BCUT2D eigenvalue weighted by atomic mass is 16.5. The Kier molecular flexibility index (Phi) is 5.06. The van der Waals surface area contributed by atoms with Gasteiger partial charge < -0.3 is 19.9 Å². The van der Waals surface area contributed by atoms with E-state index in [0.717, 1.165) is 42.9 Å². The number of carbonyl (C=O) groups excluding carboxylic acids is 1. The molecule has 2 aliphatic rings. The van der Waals surface area contributed by atoms with Gasteiger partial charge in [0, 0.05) is 24.8 Å². The molecule has 5 heteroatoms. The fourth-order valence-electron chi connectivity index (χ4n) is 3.71. The van der Waals surface area contributed by atoms with E-state index in [1.54, 1.807) is 7.11 Å². The van der Waals surface area contributed by atoms with Gasteiger partial charge in [-0.25, -0.2) is 4.79 Å². The number of anilines is 1. The Morgan fingerprint density at radius 1 is 1.26 bits per heavy atom. The Labute approximate surface area is 138 Å². The maximum absolute atomic E-state index is 12.6. The van der Waals surface area contributed by atoms with Crippen molar-refractivity contribution in [2.24, 2.45) is 0 Å². The molecule has 0 spiro atoms. The second kappa shape index (κ2) is 7.21. The molecule has 0 aliphatic carbocycles. The number of benzene rings is 1. The van der Waals surface area contributed by atoms with E-state index in [1.807, 2.05) is 30.0 Å². The number of nitrogens with zero attached hydrogens (tertiary/aromatic N) is 2. The molecule has 2 fully saturated rings. The Morgan fingerprint density at radius 2 is 2.04 bits per heavy atom. The molecule has 2 heterocycles. The first kappa shape index (κ1) is 16.1. The summed E-state index contributed by atoms with van der Waals surface area (Å²) in [4.78, 5) is 17.1. The first-order chi connectivity index (χ1) is 11.2. The molecule has 1 N–H and O–H groups in total. The van der Waals surface area contributed by atoms with Gasteiger partial charge >= 0.3 is 6.03 Å². The van der Waals surface area contributed by atoms with Gasteiger partial charge in [-0.3, -0.25) is 0 Å². The molecule has 2 saturated heterocycles. The van der Waals surface area contributed by atoms with E-state index >= 15 is 0 Å². The van der Waals surface area contributed by atoms with E-state index in [4.69, 9.17) is 4.74 Å². The zero-order valence-corrected chi connectivity index (χ0v) is 14.2. The highest BCUT2D eigenvalue weighted by Crippen LogP contribution is 2.24. The third-order valence-corrected chi connectivity index (χ3v) is 4.95. The molecule has 0 bridgehead atoms. The molecule has 5 nitrogen and oxygen atoms in total. The molecule has 2 amide bonds. The summed E-state index contributed by atoms with van der Waals surface area (Å²) in [7, 11) is 1.66. The topological polar surface area (TPSA) is 44.8 Å². The Bertz CT molecular complexity index is 555. The van der Waals surface area contributed by atoms with Crippen LogP contribution in [0.5, 0.6) is 5.75 Å². The molecular weight excluding hydrogens is 290 g/mol. The van der Waals surface area contributed by atoms with Gasteiger partial charge in [0.05, 0.1) is 7.11 Å². The molecule has 3 rings (SSSR count). The molecule has 1 aromatic rings. The van der Waals surface area contributed by atoms with E-state index in [2.05, 4.69) is 10.2 Å². The normalized spacial score (nSPS) is 21.7. The van der Waals surface area contributed by atoms with Crippen LogP contribution in [0.25, 0.3) is 0 Å². The molecule has 0 radical (unpaired) electrons. The molecule has 23 heavy (non-hydrogen) atoms. The predicted octanol–water partition coefficient (Wildman–Crippen LogP) is 3.10. The number of ether oxygens (including phenoxy) is 1. The third-order valence-electron chi connectivity index (χ3n) is 4.95. The van der Waals surface area contributed by atoms with Crippen molar-refractivity contribution >= 4 is 11.7 Å². The lowest BCUT2D eigenvalue weighted by Crippen LogP contribution is -2.44. The van der Waals surface area contributed by atoms with Crippen LogP contribution in [0.3, 0.4) is 0 Å². The number of likely N-dealkylation sites (tertiary alicyclic amines) is 2. The van der Waals surface area contributed by atoms with Crippen LogP contribution in [0.1, 0.15) is 31.2 Å². The summed E-state index contributed by atoms with van der Waals surface area (Å²) in [5.74, 6) is 0.844. The highest BCUT2D eigenvalue weighted by molar-refractivity contribution is 5.90. The number of aryl methyl sites for hydroxylation is 1. The number of urea groups is 1. The van der Waals surface area contributed by atoms with Crippen molar-refractivity contribution < 1.29 is 9.53 Å². The number of hydrogen-bond donors (Lipinski definition) is 1. The first-order valence-corrected chi connectivity index (χ1v) is 8.62. The average molecular weight is 317 g/mol. The lowest BCUT2D eigenvalue weighted by molar-refractivity contribution is 0.186. The van der Waals surface area contributed by atoms with Crippen molar-refractivity contribution in [3.8, 4) is 5.75 Å². The summed E-state index contributed by atoms with van der Waals surface area (Å²) in [5.41, 5.74) is 1.86. The molecule has 126 valence electrons. The number of hydrogen-bond acceptors (Lipinski definition) is 3. The molecule has 1 aromatic carbocycles. The molecule has 0 aromatic heterocycles. The third kappa shape index (κ3) is 3.78. The molecular formula is C18H27N3O2. The summed E-state index contributed by atoms with van der Waals surface area (Å²) in [5, 5.41) is 3.04. The van der Waals surface area contributed by atoms with Crippen LogP contribution < -0.4 is 10.1 Å². The highest BCUT2D eigenvalue weighted by Gasteiger charge is 2.30. The summed E-state index contributed by atoms with van der Waals surface area (Å²) in [6.45, 7) is 6.24. The van der Waals surface area contributed by atoms with Crippen molar-refractivity contribution in [2.75, 3.05) is 38.6 Å². The lowest BCUT2D eigenvalue weighted by atomic mass is 10.2. The Hall–Kier alpha value is -1.75.